The minimum Gasteiger partial charge on any atom is -0.308 e. The quantitative estimate of drug-likeness (QED) is 0.500. The van der Waals surface area contributed by atoms with Crippen LogP contribution in [0.3, 0.4) is 0 Å². The Morgan fingerprint density at radius 1 is 1.03 bits per heavy atom. The van der Waals surface area contributed by atoms with Gasteiger partial charge >= 0.3 is 0 Å². The maximum atomic E-state index is 13.4. The Labute approximate surface area is 199 Å². The summed E-state index contributed by atoms with van der Waals surface area (Å²) in [6.07, 6.45) is 1.78. The van der Waals surface area contributed by atoms with E-state index in [0.29, 0.717) is 36.9 Å². The molecule has 1 aromatic heterocycles. The number of halogens is 1. The summed E-state index contributed by atoms with van der Waals surface area (Å²) < 4.78 is 28.1. The molecule has 10 heteroatoms. The first-order valence-electron chi connectivity index (χ1n) is 10.3. The normalized spacial score (nSPS) is 14.6. The van der Waals surface area contributed by atoms with E-state index in [4.69, 9.17) is 0 Å². The van der Waals surface area contributed by atoms with Crippen molar-refractivity contribution in [2.45, 2.75) is 17.7 Å². The second kappa shape index (κ2) is 10.3. The summed E-state index contributed by atoms with van der Waals surface area (Å²) in [4.78, 5) is 21.9. The molecule has 1 aliphatic heterocycles. The van der Waals surface area contributed by atoms with E-state index in [-0.39, 0.29) is 23.2 Å². The fourth-order valence-electron chi connectivity index (χ4n) is 3.56. The monoisotopic (exact) mass is 494 g/mol. The SMILES string of the molecule is CN(C)CCN(C(=O)c1ccc(S(=O)(=O)N2CCCC2)cc1)c1nc2ccccc2s1.Cl. The number of hydrogen-bond acceptors (Lipinski definition) is 6. The molecule has 0 radical (unpaired) electrons. The van der Waals surface area contributed by atoms with Crippen molar-refractivity contribution in [1.82, 2.24) is 14.2 Å². The van der Waals surface area contributed by atoms with E-state index in [2.05, 4.69) is 4.98 Å². The van der Waals surface area contributed by atoms with Crippen LogP contribution in [0, 0.1) is 0 Å². The third-order valence-electron chi connectivity index (χ3n) is 5.33. The van der Waals surface area contributed by atoms with Crippen molar-refractivity contribution in [3.05, 3.63) is 54.1 Å². The number of carbonyl (C=O) groups is 1. The molecule has 0 unspecified atom stereocenters. The van der Waals surface area contributed by atoms with Crippen LogP contribution in [-0.2, 0) is 10.0 Å². The molecule has 1 aliphatic rings. The summed E-state index contributed by atoms with van der Waals surface area (Å²) in [7, 11) is 0.414. The van der Waals surface area contributed by atoms with Crippen LogP contribution in [-0.4, -0.2) is 68.8 Å². The number of carbonyl (C=O) groups excluding carboxylic acids is 1. The minimum atomic E-state index is -3.50. The van der Waals surface area contributed by atoms with Gasteiger partial charge in [0.25, 0.3) is 5.91 Å². The maximum absolute atomic E-state index is 13.4. The maximum Gasteiger partial charge on any atom is 0.260 e. The third kappa shape index (κ3) is 5.13. The van der Waals surface area contributed by atoms with Crippen molar-refractivity contribution in [1.29, 1.82) is 0 Å². The summed E-state index contributed by atoms with van der Waals surface area (Å²) >= 11 is 1.48. The fourth-order valence-corrected chi connectivity index (χ4v) is 6.07. The van der Waals surface area contributed by atoms with Gasteiger partial charge in [0.2, 0.25) is 10.0 Å². The number of aromatic nitrogens is 1. The minimum absolute atomic E-state index is 0. The van der Waals surface area contributed by atoms with Gasteiger partial charge < -0.3 is 4.90 Å². The molecule has 2 aromatic carbocycles. The second-order valence-corrected chi connectivity index (χ2v) is 10.8. The van der Waals surface area contributed by atoms with Gasteiger partial charge in [-0.2, -0.15) is 4.31 Å². The molecular weight excluding hydrogens is 468 g/mol. The summed E-state index contributed by atoms with van der Waals surface area (Å²) in [5.41, 5.74) is 1.30. The van der Waals surface area contributed by atoms with E-state index in [1.807, 2.05) is 43.3 Å². The zero-order valence-corrected chi connectivity index (χ0v) is 20.5. The molecule has 4 rings (SSSR count). The lowest BCUT2D eigenvalue weighted by Crippen LogP contribution is -2.36. The highest BCUT2D eigenvalue weighted by atomic mass is 35.5. The third-order valence-corrected chi connectivity index (χ3v) is 8.31. The fraction of sp³-hybridized carbons (Fsp3) is 0.364. The predicted molar refractivity (Wildman–Crippen MR) is 132 cm³/mol. The van der Waals surface area contributed by atoms with Gasteiger partial charge in [-0.25, -0.2) is 13.4 Å². The average Bonchev–Trinajstić information content (AvgIpc) is 3.44. The highest BCUT2D eigenvalue weighted by Gasteiger charge is 2.28. The average molecular weight is 495 g/mol. The molecule has 172 valence electrons. The van der Waals surface area contributed by atoms with Crippen LogP contribution in [0.4, 0.5) is 5.13 Å². The Bertz CT molecular complexity index is 1140. The number of sulfonamides is 1. The molecule has 7 nitrogen and oxygen atoms in total. The zero-order chi connectivity index (χ0) is 22.0. The highest BCUT2D eigenvalue weighted by Crippen LogP contribution is 2.30. The molecule has 0 bridgehead atoms. The van der Waals surface area contributed by atoms with Gasteiger partial charge in [-0.1, -0.05) is 23.5 Å². The second-order valence-electron chi connectivity index (χ2n) is 7.86. The number of thiazole rings is 1. The Balaban J connectivity index is 0.00000289. The van der Waals surface area contributed by atoms with E-state index in [9.17, 15) is 13.2 Å². The first-order valence-corrected chi connectivity index (χ1v) is 12.5. The van der Waals surface area contributed by atoms with Gasteiger partial charge in [-0.3, -0.25) is 9.69 Å². The van der Waals surface area contributed by atoms with Crippen LogP contribution < -0.4 is 4.90 Å². The van der Waals surface area contributed by atoms with E-state index < -0.39 is 10.0 Å². The Morgan fingerprint density at radius 2 is 1.69 bits per heavy atom. The van der Waals surface area contributed by atoms with Gasteiger partial charge in [-0.15, -0.1) is 12.4 Å². The topological polar surface area (TPSA) is 73.8 Å². The molecule has 1 amide bonds. The summed E-state index contributed by atoms with van der Waals surface area (Å²) in [5.74, 6) is -0.189. The Morgan fingerprint density at radius 3 is 2.31 bits per heavy atom. The molecule has 2 heterocycles. The van der Waals surface area contributed by atoms with Crippen molar-refractivity contribution in [2.24, 2.45) is 0 Å². The summed E-state index contributed by atoms with van der Waals surface area (Å²) in [6, 6.07) is 14.1. The van der Waals surface area contributed by atoms with Crippen LogP contribution in [0.1, 0.15) is 23.2 Å². The van der Waals surface area contributed by atoms with E-state index in [1.165, 1.54) is 27.8 Å². The van der Waals surface area contributed by atoms with Gasteiger partial charge in [-0.05, 0) is 63.3 Å². The lowest BCUT2D eigenvalue weighted by atomic mass is 10.2. The summed E-state index contributed by atoms with van der Waals surface area (Å²) in [6.45, 7) is 2.28. The molecule has 0 saturated carbocycles. The first kappa shape index (κ1) is 24.6. The molecule has 0 N–H and O–H groups in total. The van der Waals surface area contributed by atoms with Gasteiger partial charge in [0, 0.05) is 31.7 Å². The summed E-state index contributed by atoms with van der Waals surface area (Å²) in [5, 5.41) is 0.641. The van der Waals surface area contributed by atoms with E-state index in [1.54, 1.807) is 17.0 Å². The van der Waals surface area contributed by atoms with Gasteiger partial charge in [0.15, 0.2) is 5.13 Å². The standard InChI is InChI=1S/C22H26N4O3S2.ClH/c1-24(2)15-16-26(22-23-19-7-3-4-8-20(19)30-22)21(27)17-9-11-18(12-10-17)31(28,29)25-13-5-6-14-25;/h3-4,7-12H,5-6,13-16H2,1-2H3;1H. The number of anilines is 1. The molecule has 32 heavy (non-hydrogen) atoms. The van der Waals surface area contributed by atoms with E-state index in [0.717, 1.165) is 23.1 Å². The molecule has 1 saturated heterocycles. The molecule has 0 atom stereocenters. The zero-order valence-electron chi connectivity index (χ0n) is 18.1. The number of fused-ring (bicyclic) bond motifs is 1. The van der Waals surface area contributed by atoms with Gasteiger partial charge in [0.1, 0.15) is 0 Å². The van der Waals surface area contributed by atoms with Crippen molar-refractivity contribution >= 4 is 55.0 Å². The van der Waals surface area contributed by atoms with Crippen molar-refractivity contribution in [3.8, 4) is 0 Å². The lowest BCUT2D eigenvalue weighted by Gasteiger charge is -2.22. The highest BCUT2D eigenvalue weighted by molar-refractivity contribution is 7.89. The van der Waals surface area contributed by atoms with Crippen LogP contribution >= 0.6 is 23.7 Å². The van der Waals surface area contributed by atoms with Crippen molar-refractivity contribution in [2.75, 3.05) is 45.2 Å². The largest absolute Gasteiger partial charge is 0.308 e. The smallest absolute Gasteiger partial charge is 0.260 e. The number of amides is 1. The molecule has 3 aromatic rings. The van der Waals surface area contributed by atoms with E-state index >= 15 is 0 Å². The van der Waals surface area contributed by atoms with Crippen molar-refractivity contribution < 1.29 is 13.2 Å². The lowest BCUT2D eigenvalue weighted by molar-refractivity contribution is 0.0985. The number of likely N-dealkylation sites (N-methyl/N-ethyl adjacent to an activating group) is 1. The Hall–Kier alpha value is -2.04. The number of nitrogens with zero attached hydrogens (tertiary/aromatic N) is 4. The van der Waals surface area contributed by atoms with Crippen LogP contribution in [0.25, 0.3) is 10.2 Å². The predicted octanol–water partition coefficient (Wildman–Crippen LogP) is 3.71. The number of para-hydroxylation sites is 1. The van der Waals surface area contributed by atoms with Crippen LogP contribution in [0.15, 0.2) is 53.4 Å². The van der Waals surface area contributed by atoms with Crippen LogP contribution in [0.5, 0.6) is 0 Å². The van der Waals surface area contributed by atoms with Gasteiger partial charge in [0.05, 0.1) is 15.1 Å². The molecule has 1 fully saturated rings. The molecule has 0 aliphatic carbocycles. The first-order chi connectivity index (χ1) is 14.9. The number of benzene rings is 2. The Kier molecular flexibility index (Phi) is 7.89. The van der Waals surface area contributed by atoms with Crippen LogP contribution in [0.2, 0.25) is 0 Å². The van der Waals surface area contributed by atoms with Crippen molar-refractivity contribution in [3.63, 3.8) is 0 Å². The number of rotatable bonds is 7. The molecular formula is C22H27ClN4O3S2. The number of hydrogen-bond donors (Lipinski definition) is 0. The molecule has 0 spiro atoms.